The Morgan fingerprint density at radius 2 is 2.00 bits per heavy atom. The second-order valence-electron chi connectivity index (χ2n) is 5.15. The average Bonchev–Trinajstić information content (AvgIpc) is 2.60. The van der Waals surface area contributed by atoms with Gasteiger partial charge in [0.15, 0.2) is 11.5 Å². The van der Waals surface area contributed by atoms with Crippen LogP contribution in [0.5, 0.6) is 17.2 Å². The van der Waals surface area contributed by atoms with Gasteiger partial charge >= 0.3 is 0 Å². The molecule has 0 radical (unpaired) electrons. The zero-order chi connectivity index (χ0) is 17.2. The summed E-state index contributed by atoms with van der Waals surface area (Å²) < 4.78 is 43.5. The highest BCUT2D eigenvalue weighted by molar-refractivity contribution is 7.89. The molecule has 0 unspecified atom stereocenters. The number of rotatable bonds is 5. The van der Waals surface area contributed by atoms with Crippen LogP contribution >= 0.6 is 11.6 Å². The van der Waals surface area contributed by atoms with Crippen molar-refractivity contribution in [3.63, 3.8) is 0 Å². The van der Waals surface area contributed by atoms with E-state index in [1.807, 2.05) is 12.1 Å². The second-order valence-corrected chi connectivity index (χ2v) is 7.32. The summed E-state index contributed by atoms with van der Waals surface area (Å²) in [6, 6.07) is 11.5. The van der Waals surface area contributed by atoms with Gasteiger partial charge in [-0.3, -0.25) is 0 Å². The monoisotopic (exact) mass is 369 g/mol. The molecular weight excluding hydrogens is 354 g/mol. The molecule has 0 bridgehead atoms. The van der Waals surface area contributed by atoms with Gasteiger partial charge in [0.1, 0.15) is 18.5 Å². The van der Waals surface area contributed by atoms with Crippen LogP contribution in [-0.2, 0) is 10.0 Å². The van der Waals surface area contributed by atoms with Gasteiger partial charge in [0.2, 0.25) is 10.0 Å². The summed E-state index contributed by atoms with van der Waals surface area (Å²) in [4.78, 5) is 0.0606. The molecule has 0 spiro atoms. The van der Waals surface area contributed by atoms with E-state index < -0.39 is 16.1 Å². The molecular formula is C16H16ClNO5S. The first kappa shape index (κ1) is 16.9. The SMILES string of the molecule is COc1ccc(S(=O)(=O)NC[C@@H]2COc3ccccc3O2)cc1Cl. The van der Waals surface area contributed by atoms with Crippen molar-refractivity contribution in [2.24, 2.45) is 0 Å². The molecule has 0 saturated heterocycles. The molecule has 1 N–H and O–H groups in total. The number of fused-ring (bicyclic) bond motifs is 1. The highest BCUT2D eigenvalue weighted by atomic mass is 35.5. The van der Waals surface area contributed by atoms with Gasteiger partial charge in [0.05, 0.1) is 23.6 Å². The summed E-state index contributed by atoms with van der Waals surface area (Å²) in [7, 11) is -2.25. The highest BCUT2D eigenvalue weighted by Gasteiger charge is 2.23. The number of benzene rings is 2. The summed E-state index contributed by atoms with van der Waals surface area (Å²) in [5.41, 5.74) is 0. The molecule has 2 aromatic rings. The van der Waals surface area contributed by atoms with Crippen molar-refractivity contribution in [2.75, 3.05) is 20.3 Å². The number of nitrogens with one attached hydrogen (secondary N) is 1. The minimum atomic E-state index is -3.71. The lowest BCUT2D eigenvalue weighted by molar-refractivity contribution is 0.0943. The molecule has 1 atom stereocenters. The Morgan fingerprint density at radius 3 is 2.71 bits per heavy atom. The Kier molecular flexibility index (Phi) is 4.84. The molecule has 2 aromatic carbocycles. The molecule has 0 saturated carbocycles. The Labute approximate surface area is 145 Å². The largest absolute Gasteiger partial charge is 0.495 e. The highest BCUT2D eigenvalue weighted by Crippen LogP contribution is 2.31. The zero-order valence-corrected chi connectivity index (χ0v) is 14.4. The third-order valence-corrected chi connectivity index (χ3v) is 5.22. The van der Waals surface area contributed by atoms with E-state index >= 15 is 0 Å². The Balaban J connectivity index is 1.67. The summed E-state index contributed by atoms with van der Waals surface area (Å²) in [6.07, 6.45) is -0.414. The number of sulfonamides is 1. The molecule has 0 aliphatic carbocycles. The molecule has 0 fully saturated rings. The maximum atomic E-state index is 12.4. The fourth-order valence-corrected chi connectivity index (χ4v) is 3.68. The molecule has 1 heterocycles. The summed E-state index contributed by atoms with van der Waals surface area (Å²) in [5, 5.41) is 0.228. The van der Waals surface area contributed by atoms with Crippen LogP contribution in [0.1, 0.15) is 0 Å². The van der Waals surface area contributed by atoms with Crippen LogP contribution in [0.25, 0.3) is 0 Å². The standard InChI is InChI=1S/C16H16ClNO5S/c1-21-14-7-6-12(8-13(14)17)24(19,20)18-9-11-10-22-15-4-2-3-5-16(15)23-11/h2-8,11,18H,9-10H2,1H3/t11-/m1/s1. The number of methoxy groups -OCH3 is 1. The first-order valence-electron chi connectivity index (χ1n) is 7.21. The van der Waals surface area contributed by atoms with Crippen molar-refractivity contribution in [1.29, 1.82) is 0 Å². The smallest absolute Gasteiger partial charge is 0.240 e. The predicted octanol–water partition coefficient (Wildman–Crippen LogP) is 2.47. The molecule has 0 aromatic heterocycles. The van der Waals surface area contributed by atoms with Crippen molar-refractivity contribution in [3.8, 4) is 17.2 Å². The van der Waals surface area contributed by atoms with Crippen molar-refractivity contribution in [1.82, 2.24) is 4.72 Å². The van der Waals surface area contributed by atoms with Crippen LogP contribution in [-0.4, -0.2) is 34.8 Å². The number of hydrogen-bond donors (Lipinski definition) is 1. The van der Waals surface area contributed by atoms with E-state index in [4.69, 9.17) is 25.8 Å². The maximum Gasteiger partial charge on any atom is 0.240 e. The molecule has 24 heavy (non-hydrogen) atoms. The Morgan fingerprint density at radius 1 is 1.25 bits per heavy atom. The first-order chi connectivity index (χ1) is 11.5. The van der Waals surface area contributed by atoms with E-state index in [0.29, 0.717) is 17.2 Å². The van der Waals surface area contributed by atoms with E-state index in [1.165, 1.54) is 25.3 Å². The van der Waals surface area contributed by atoms with E-state index in [-0.39, 0.29) is 23.1 Å². The average molecular weight is 370 g/mol. The van der Waals surface area contributed by atoms with E-state index in [0.717, 1.165) is 0 Å². The van der Waals surface area contributed by atoms with Crippen LogP contribution in [0.15, 0.2) is 47.4 Å². The van der Waals surface area contributed by atoms with Crippen LogP contribution < -0.4 is 18.9 Å². The normalized spacial score (nSPS) is 16.7. The molecule has 1 aliphatic heterocycles. The lowest BCUT2D eigenvalue weighted by Gasteiger charge is -2.26. The van der Waals surface area contributed by atoms with E-state index in [2.05, 4.69) is 4.72 Å². The van der Waals surface area contributed by atoms with Crippen LogP contribution in [0, 0.1) is 0 Å². The maximum absolute atomic E-state index is 12.4. The van der Waals surface area contributed by atoms with Crippen LogP contribution in [0.2, 0.25) is 5.02 Å². The van der Waals surface area contributed by atoms with E-state index in [9.17, 15) is 8.42 Å². The summed E-state index contributed by atoms with van der Waals surface area (Å²) >= 11 is 5.98. The second kappa shape index (κ2) is 6.88. The zero-order valence-electron chi connectivity index (χ0n) is 12.9. The van der Waals surface area contributed by atoms with Gasteiger partial charge in [-0.05, 0) is 30.3 Å². The first-order valence-corrected chi connectivity index (χ1v) is 9.07. The fourth-order valence-electron chi connectivity index (χ4n) is 2.26. The predicted molar refractivity (Wildman–Crippen MR) is 89.5 cm³/mol. The van der Waals surface area contributed by atoms with Gasteiger partial charge < -0.3 is 14.2 Å². The fraction of sp³-hybridized carbons (Fsp3) is 0.250. The molecule has 3 rings (SSSR count). The Hall–Kier alpha value is -1.96. The minimum absolute atomic E-state index is 0.0606. The van der Waals surface area contributed by atoms with Gasteiger partial charge in [0.25, 0.3) is 0 Å². The summed E-state index contributed by atoms with van der Waals surface area (Å²) in [5.74, 6) is 1.66. The van der Waals surface area contributed by atoms with Gasteiger partial charge in [-0.1, -0.05) is 23.7 Å². The van der Waals surface area contributed by atoms with Crippen LogP contribution in [0.4, 0.5) is 0 Å². The minimum Gasteiger partial charge on any atom is -0.495 e. The molecule has 128 valence electrons. The number of para-hydroxylation sites is 2. The lowest BCUT2D eigenvalue weighted by atomic mass is 10.2. The van der Waals surface area contributed by atoms with Gasteiger partial charge in [0, 0.05) is 0 Å². The lowest BCUT2D eigenvalue weighted by Crippen LogP contribution is -2.40. The molecule has 0 amide bonds. The summed E-state index contributed by atoms with van der Waals surface area (Å²) in [6.45, 7) is 0.350. The van der Waals surface area contributed by atoms with E-state index in [1.54, 1.807) is 12.1 Å². The van der Waals surface area contributed by atoms with Crippen molar-refractivity contribution < 1.29 is 22.6 Å². The van der Waals surface area contributed by atoms with Gasteiger partial charge in [-0.2, -0.15) is 0 Å². The molecule has 6 nitrogen and oxygen atoms in total. The van der Waals surface area contributed by atoms with Crippen LogP contribution in [0.3, 0.4) is 0 Å². The van der Waals surface area contributed by atoms with Gasteiger partial charge in [-0.25, -0.2) is 13.1 Å². The topological polar surface area (TPSA) is 73.9 Å². The number of ether oxygens (including phenoxy) is 3. The number of halogens is 1. The molecule has 8 heteroatoms. The number of hydrogen-bond acceptors (Lipinski definition) is 5. The van der Waals surface area contributed by atoms with Gasteiger partial charge in [-0.15, -0.1) is 0 Å². The third-order valence-electron chi connectivity index (χ3n) is 3.50. The van der Waals surface area contributed by atoms with Crippen molar-refractivity contribution >= 4 is 21.6 Å². The third kappa shape index (κ3) is 3.58. The Bertz CT molecular complexity index is 840. The van der Waals surface area contributed by atoms with Crippen molar-refractivity contribution in [2.45, 2.75) is 11.0 Å². The van der Waals surface area contributed by atoms with Crippen molar-refractivity contribution in [3.05, 3.63) is 47.5 Å². The molecule has 1 aliphatic rings. The quantitative estimate of drug-likeness (QED) is 0.876.